The molecule has 0 unspecified atom stereocenters. The lowest BCUT2D eigenvalue weighted by molar-refractivity contribution is 0.881. The highest BCUT2D eigenvalue weighted by Crippen LogP contribution is 2.27. The molecule has 0 spiro atoms. The van der Waals surface area contributed by atoms with Crippen molar-refractivity contribution in [3.05, 3.63) is 58.5 Å². The van der Waals surface area contributed by atoms with E-state index in [1.807, 2.05) is 19.2 Å². The average Bonchev–Trinajstić information content (AvgIpc) is 3.30. The van der Waals surface area contributed by atoms with Gasteiger partial charge in [-0.25, -0.2) is 4.98 Å². The monoisotopic (exact) mass is 361 g/mol. The molecule has 4 aromatic rings. The number of benzene rings is 1. The molecule has 0 amide bonds. The first kappa shape index (κ1) is 17.2. The highest BCUT2D eigenvalue weighted by Gasteiger charge is 2.14. The van der Waals surface area contributed by atoms with Crippen LogP contribution in [0.25, 0.3) is 17.0 Å². The molecule has 3 aromatic heterocycles. The van der Waals surface area contributed by atoms with Gasteiger partial charge in [0, 0.05) is 24.0 Å². The number of tetrazole rings is 1. The molecule has 0 saturated carbocycles. The van der Waals surface area contributed by atoms with E-state index in [9.17, 15) is 0 Å². The predicted octanol–water partition coefficient (Wildman–Crippen LogP) is 3.61. The van der Waals surface area contributed by atoms with Gasteiger partial charge in [-0.05, 0) is 55.2 Å². The lowest BCUT2D eigenvalue weighted by atomic mass is 10.00. The van der Waals surface area contributed by atoms with Crippen LogP contribution in [0, 0.1) is 20.8 Å². The number of nitrogens with one attached hydrogen (secondary N) is 2. The lowest BCUT2D eigenvalue weighted by Crippen LogP contribution is -2.06. The summed E-state index contributed by atoms with van der Waals surface area (Å²) in [5.41, 5.74) is 8.86. The van der Waals surface area contributed by atoms with Gasteiger partial charge in [0.15, 0.2) is 5.65 Å². The summed E-state index contributed by atoms with van der Waals surface area (Å²) in [6.45, 7) is 9.18. The van der Waals surface area contributed by atoms with Gasteiger partial charge in [0.25, 0.3) is 0 Å². The molecule has 0 aliphatic rings. The number of aromatic nitrogens is 6. The lowest BCUT2D eigenvalue weighted by Gasteiger charge is -2.14. The highest BCUT2D eigenvalue weighted by atomic mass is 15.5. The fraction of sp³-hybridized carbons (Fsp3) is 0.300. The molecule has 0 bridgehead atoms. The number of pyridine rings is 1. The summed E-state index contributed by atoms with van der Waals surface area (Å²) in [4.78, 5) is 4.75. The maximum absolute atomic E-state index is 4.75. The van der Waals surface area contributed by atoms with Crippen LogP contribution in [0.2, 0.25) is 0 Å². The zero-order chi connectivity index (χ0) is 19.0. The number of nitrogens with zero attached hydrogens (tertiary/aromatic N) is 5. The van der Waals surface area contributed by atoms with Crippen molar-refractivity contribution < 1.29 is 0 Å². The SMILES string of the molecule is CCc1cccc(C)c1CNc1cc(-c2nn[nH]n2)cn2c(C)c(C)nc12. The summed E-state index contributed by atoms with van der Waals surface area (Å²) in [7, 11) is 0. The van der Waals surface area contributed by atoms with E-state index in [0.717, 1.165) is 41.3 Å². The fourth-order valence-electron chi connectivity index (χ4n) is 3.44. The molecule has 7 heteroatoms. The number of imidazole rings is 1. The van der Waals surface area contributed by atoms with E-state index in [1.54, 1.807) is 0 Å². The van der Waals surface area contributed by atoms with Crippen LogP contribution < -0.4 is 5.32 Å². The number of fused-ring (bicyclic) bond motifs is 1. The molecular weight excluding hydrogens is 338 g/mol. The molecule has 0 fully saturated rings. The maximum atomic E-state index is 4.75. The van der Waals surface area contributed by atoms with Crippen molar-refractivity contribution >= 4 is 11.3 Å². The van der Waals surface area contributed by atoms with Gasteiger partial charge < -0.3 is 9.72 Å². The van der Waals surface area contributed by atoms with Crippen LogP contribution in [0.5, 0.6) is 0 Å². The minimum Gasteiger partial charge on any atom is -0.378 e. The minimum absolute atomic E-state index is 0.566. The Morgan fingerprint density at radius 1 is 1.19 bits per heavy atom. The Bertz CT molecular complexity index is 1090. The van der Waals surface area contributed by atoms with E-state index in [2.05, 4.69) is 69.3 Å². The Labute approximate surface area is 157 Å². The van der Waals surface area contributed by atoms with Crippen molar-refractivity contribution in [2.45, 2.75) is 40.7 Å². The molecule has 0 atom stereocenters. The van der Waals surface area contributed by atoms with Crippen LogP contribution in [0.15, 0.2) is 30.5 Å². The first-order chi connectivity index (χ1) is 13.1. The summed E-state index contributed by atoms with van der Waals surface area (Å²) in [6.07, 6.45) is 3.02. The van der Waals surface area contributed by atoms with Crippen molar-refractivity contribution in [2.24, 2.45) is 0 Å². The van der Waals surface area contributed by atoms with E-state index in [-0.39, 0.29) is 0 Å². The molecule has 1 aromatic carbocycles. The van der Waals surface area contributed by atoms with E-state index in [0.29, 0.717) is 5.82 Å². The van der Waals surface area contributed by atoms with Crippen molar-refractivity contribution in [1.82, 2.24) is 30.0 Å². The number of aromatic amines is 1. The summed E-state index contributed by atoms with van der Waals surface area (Å²) in [6, 6.07) is 8.51. The van der Waals surface area contributed by atoms with Gasteiger partial charge in [-0.2, -0.15) is 5.21 Å². The smallest absolute Gasteiger partial charge is 0.206 e. The molecule has 138 valence electrons. The predicted molar refractivity (Wildman–Crippen MR) is 106 cm³/mol. The normalized spacial score (nSPS) is 11.3. The Balaban J connectivity index is 1.78. The standard InChI is InChI=1S/C20H23N7/c1-5-15-8-6-7-12(2)17(15)10-21-18-9-16(19-23-25-26-24-19)11-27-14(4)13(3)22-20(18)27/h6-9,11,21H,5,10H2,1-4H3,(H,23,24,25,26). The molecule has 27 heavy (non-hydrogen) atoms. The van der Waals surface area contributed by atoms with E-state index in [4.69, 9.17) is 4.98 Å². The fourth-order valence-corrected chi connectivity index (χ4v) is 3.44. The molecular formula is C20H23N7. The van der Waals surface area contributed by atoms with Crippen molar-refractivity contribution in [3.8, 4) is 11.4 Å². The van der Waals surface area contributed by atoms with Crippen LogP contribution in [-0.4, -0.2) is 30.0 Å². The molecule has 2 N–H and O–H groups in total. The molecule has 3 heterocycles. The highest BCUT2D eigenvalue weighted by molar-refractivity contribution is 5.75. The van der Waals surface area contributed by atoms with Gasteiger partial charge in [-0.1, -0.05) is 25.1 Å². The molecule has 4 rings (SSSR count). The molecule has 7 nitrogen and oxygen atoms in total. The first-order valence-corrected chi connectivity index (χ1v) is 9.12. The first-order valence-electron chi connectivity index (χ1n) is 9.12. The molecule has 0 aliphatic carbocycles. The third-order valence-electron chi connectivity index (χ3n) is 5.14. The largest absolute Gasteiger partial charge is 0.378 e. The second-order valence-electron chi connectivity index (χ2n) is 6.77. The van der Waals surface area contributed by atoms with Gasteiger partial charge in [0.05, 0.1) is 11.4 Å². The van der Waals surface area contributed by atoms with E-state index < -0.39 is 0 Å². The number of rotatable bonds is 5. The van der Waals surface area contributed by atoms with Gasteiger partial charge >= 0.3 is 0 Å². The number of H-pyrrole nitrogens is 1. The van der Waals surface area contributed by atoms with Crippen LogP contribution in [0.3, 0.4) is 0 Å². The van der Waals surface area contributed by atoms with Gasteiger partial charge in [0.2, 0.25) is 5.82 Å². The molecule has 0 aliphatic heterocycles. The van der Waals surface area contributed by atoms with Crippen LogP contribution in [-0.2, 0) is 13.0 Å². The minimum atomic E-state index is 0.566. The summed E-state index contributed by atoms with van der Waals surface area (Å²) < 4.78 is 2.09. The second kappa shape index (κ2) is 6.83. The summed E-state index contributed by atoms with van der Waals surface area (Å²) >= 11 is 0. The third-order valence-corrected chi connectivity index (χ3v) is 5.14. The van der Waals surface area contributed by atoms with Crippen LogP contribution >= 0.6 is 0 Å². The summed E-state index contributed by atoms with van der Waals surface area (Å²) in [5.74, 6) is 0.566. The third kappa shape index (κ3) is 3.05. The van der Waals surface area contributed by atoms with Crippen molar-refractivity contribution in [2.75, 3.05) is 5.32 Å². The molecule has 0 saturated heterocycles. The second-order valence-corrected chi connectivity index (χ2v) is 6.77. The van der Waals surface area contributed by atoms with E-state index >= 15 is 0 Å². The number of hydrogen-bond acceptors (Lipinski definition) is 5. The quantitative estimate of drug-likeness (QED) is 0.567. The Hall–Kier alpha value is -3.22. The number of aryl methyl sites for hydroxylation is 4. The Morgan fingerprint density at radius 2 is 2.04 bits per heavy atom. The zero-order valence-electron chi connectivity index (χ0n) is 16.0. The Kier molecular flexibility index (Phi) is 4.35. The zero-order valence-corrected chi connectivity index (χ0v) is 16.0. The maximum Gasteiger partial charge on any atom is 0.206 e. The van der Waals surface area contributed by atoms with Gasteiger partial charge in [0.1, 0.15) is 0 Å². The van der Waals surface area contributed by atoms with Gasteiger partial charge in [-0.15, -0.1) is 10.2 Å². The van der Waals surface area contributed by atoms with Crippen LogP contribution in [0.1, 0.15) is 35.0 Å². The number of hydrogen-bond donors (Lipinski definition) is 2. The average molecular weight is 361 g/mol. The van der Waals surface area contributed by atoms with E-state index in [1.165, 1.54) is 16.7 Å². The van der Waals surface area contributed by atoms with Crippen LogP contribution in [0.4, 0.5) is 5.69 Å². The van der Waals surface area contributed by atoms with Crippen molar-refractivity contribution in [1.29, 1.82) is 0 Å². The van der Waals surface area contributed by atoms with Gasteiger partial charge in [-0.3, -0.25) is 0 Å². The summed E-state index contributed by atoms with van der Waals surface area (Å²) in [5, 5.41) is 18.0. The molecule has 0 radical (unpaired) electrons. The Morgan fingerprint density at radius 3 is 2.78 bits per heavy atom. The van der Waals surface area contributed by atoms with Crippen molar-refractivity contribution in [3.63, 3.8) is 0 Å². The topological polar surface area (TPSA) is 83.8 Å². The number of anilines is 1.